The number of hydrogen-bond donors (Lipinski definition) is 0. The topological polar surface area (TPSA) is 73.8 Å². The molecule has 0 unspecified atom stereocenters. The lowest BCUT2D eigenvalue weighted by Crippen LogP contribution is -2.02. The Hall–Kier alpha value is -2.32. The van der Waals surface area contributed by atoms with Crippen molar-refractivity contribution in [1.29, 1.82) is 0 Å². The maximum atomic E-state index is 10.7. The van der Waals surface area contributed by atoms with Crippen molar-refractivity contribution in [3.8, 4) is 0 Å². The molecule has 0 saturated carbocycles. The Morgan fingerprint density at radius 2 is 1.70 bits per heavy atom. The molecule has 3 aromatic rings. The highest BCUT2D eigenvalue weighted by atomic mass is 32.2. The normalized spacial score (nSPS) is 10.9. The zero-order chi connectivity index (χ0) is 19.2. The predicted molar refractivity (Wildman–Crippen MR) is 109 cm³/mol. The molecule has 1 aromatic heterocycles. The standard InChI is InChI=1S/C19H20N4O2S2/c1-3-22-18(13-26-17-10-4-14(2)5-11-17)20-21-19(22)27-12-15-6-8-16(9-7-15)23(24)25/h4-11H,3,12-13H2,1-2H3. The number of nitro benzene ring substituents is 1. The minimum absolute atomic E-state index is 0.107. The molecule has 0 saturated heterocycles. The zero-order valence-corrected chi connectivity index (χ0v) is 16.8. The van der Waals surface area contributed by atoms with Gasteiger partial charge in [0.2, 0.25) is 0 Å². The molecule has 27 heavy (non-hydrogen) atoms. The van der Waals surface area contributed by atoms with Crippen LogP contribution in [0.3, 0.4) is 0 Å². The van der Waals surface area contributed by atoms with Gasteiger partial charge in [-0.1, -0.05) is 41.6 Å². The molecule has 0 bridgehead atoms. The molecule has 0 atom stereocenters. The second-order valence-corrected chi connectivity index (χ2v) is 7.95. The molecule has 6 nitrogen and oxygen atoms in total. The van der Waals surface area contributed by atoms with Crippen molar-refractivity contribution in [2.45, 2.75) is 41.9 Å². The van der Waals surface area contributed by atoms with E-state index in [0.29, 0.717) is 5.75 Å². The van der Waals surface area contributed by atoms with E-state index in [2.05, 4.69) is 52.9 Å². The van der Waals surface area contributed by atoms with Crippen LogP contribution in [-0.4, -0.2) is 19.7 Å². The van der Waals surface area contributed by atoms with Crippen molar-refractivity contribution in [2.24, 2.45) is 0 Å². The average molecular weight is 401 g/mol. The molecule has 3 rings (SSSR count). The summed E-state index contributed by atoms with van der Waals surface area (Å²) in [5, 5.41) is 20.3. The highest BCUT2D eigenvalue weighted by molar-refractivity contribution is 7.98. The van der Waals surface area contributed by atoms with Crippen molar-refractivity contribution in [3.05, 3.63) is 75.6 Å². The van der Waals surface area contributed by atoms with Crippen LogP contribution in [0.4, 0.5) is 5.69 Å². The van der Waals surface area contributed by atoms with Gasteiger partial charge in [-0.15, -0.1) is 22.0 Å². The molecule has 0 spiro atoms. The first-order valence-electron chi connectivity index (χ1n) is 8.54. The number of thioether (sulfide) groups is 2. The number of nitro groups is 1. The summed E-state index contributed by atoms with van der Waals surface area (Å²) in [6.07, 6.45) is 0. The first-order valence-corrected chi connectivity index (χ1v) is 10.5. The molecule has 0 radical (unpaired) electrons. The van der Waals surface area contributed by atoms with E-state index in [1.54, 1.807) is 35.7 Å². The van der Waals surface area contributed by atoms with Gasteiger partial charge in [-0.3, -0.25) is 10.1 Å². The SMILES string of the molecule is CCn1c(CSc2ccc(C)cc2)nnc1SCc1ccc([N+](=O)[O-])cc1. The summed E-state index contributed by atoms with van der Waals surface area (Å²) in [5.41, 5.74) is 2.38. The molecule has 0 N–H and O–H groups in total. The van der Waals surface area contributed by atoms with E-state index in [1.165, 1.54) is 22.6 Å². The molecule has 8 heteroatoms. The van der Waals surface area contributed by atoms with E-state index >= 15 is 0 Å². The summed E-state index contributed by atoms with van der Waals surface area (Å²) < 4.78 is 2.12. The van der Waals surface area contributed by atoms with Gasteiger partial charge < -0.3 is 4.57 Å². The molecule has 0 amide bonds. The Balaban J connectivity index is 1.62. The van der Waals surface area contributed by atoms with Gasteiger partial charge in [0.15, 0.2) is 5.16 Å². The second-order valence-electron chi connectivity index (χ2n) is 5.96. The van der Waals surface area contributed by atoms with E-state index in [4.69, 9.17) is 0 Å². The molecule has 2 aromatic carbocycles. The molecular weight excluding hydrogens is 380 g/mol. The maximum Gasteiger partial charge on any atom is 0.269 e. The van der Waals surface area contributed by atoms with Crippen molar-refractivity contribution < 1.29 is 4.92 Å². The summed E-state index contributed by atoms with van der Waals surface area (Å²) in [6.45, 7) is 4.97. The first kappa shape index (κ1) is 19.4. The van der Waals surface area contributed by atoms with E-state index < -0.39 is 0 Å². The first-order chi connectivity index (χ1) is 13.1. The Morgan fingerprint density at radius 1 is 1.00 bits per heavy atom. The van der Waals surface area contributed by atoms with Gasteiger partial charge in [-0.05, 0) is 31.5 Å². The van der Waals surface area contributed by atoms with Gasteiger partial charge in [0.25, 0.3) is 5.69 Å². The Labute approximate surface area is 166 Å². The summed E-state index contributed by atoms with van der Waals surface area (Å²) in [7, 11) is 0. The van der Waals surface area contributed by atoms with Crippen LogP contribution in [0.5, 0.6) is 0 Å². The van der Waals surface area contributed by atoms with Crippen molar-refractivity contribution >= 4 is 29.2 Å². The van der Waals surface area contributed by atoms with Crippen molar-refractivity contribution in [1.82, 2.24) is 14.8 Å². The van der Waals surface area contributed by atoms with E-state index in [0.717, 1.165) is 28.8 Å². The average Bonchev–Trinajstić information content (AvgIpc) is 3.08. The number of nitrogens with zero attached hydrogens (tertiary/aromatic N) is 4. The van der Waals surface area contributed by atoms with Gasteiger partial charge in [0, 0.05) is 29.3 Å². The molecule has 1 heterocycles. The van der Waals surface area contributed by atoms with Crippen LogP contribution in [0.1, 0.15) is 23.9 Å². The second kappa shape index (κ2) is 9.05. The third-order valence-electron chi connectivity index (χ3n) is 4.01. The minimum atomic E-state index is -0.386. The fraction of sp³-hybridized carbons (Fsp3) is 0.263. The van der Waals surface area contributed by atoms with Crippen LogP contribution in [0.15, 0.2) is 58.6 Å². The van der Waals surface area contributed by atoms with Crippen LogP contribution < -0.4 is 0 Å². The van der Waals surface area contributed by atoms with Gasteiger partial charge in [-0.2, -0.15) is 0 Å². The molecular formula is C19H20N4O2S2. The number of benzene rings is 2. The third-order valence-corrected chi connectivity index (χ3v) is 6.06. The lowest BCUT2D eigenvalue weighted by Gasteiger charge is -2.07. The minimum Gasteiger partial charge on any atom is -0.306 e. The van der Waals surface area contributed by atoms with Crippen LogP contribution in [0, 0.1) is 17.0 Å². The number of aryl methyl sites for hydroxylation is 1. The number of non-ortho nitro benzene ring substituents is 1. The predicted octanol–water partition coefficient (Wildman–Crippen LogP) is 5.10. The highest BCUT2D eigenvalue weighted by Crippen LogP contribution is 2.27. The van der Waals surface area contributed by atoms with E-state index in [1.807, 2.05) is 0 Å². The number of aromatic nitrogens is 3. The summed E-state index contributed by atoms with van der Waals surface area (Å²) >= 11 is 3.34. The third kappa shape index (κ3) is 5.11. The lowest BCUT2D eigenvalue weighted by molar-refractivity contribution is -0.384. The van der Waals surface area contributed by atoms with Crippen molar-refractivity contribution in [2.75, 3.05) is 0 Å². The van der Waals surface area contributed by atoms with Gasteiger partial charge in [0.1, 0.15) is 5.82 Å². The molecule has 0 aliphatic rings. The quantitative estimate of drug-likeness (QED) is 0.297. The van der Waals surface area contributed by atoms with E-state index in [9.17, 15) is 10.1 Å². The van der Waals surface area contributed by atoms with Gasteiger partial charge in [-0.25, -0.2) is 0 Å². The van der Waals surface area contributed by atoms with Gasteiger partial charge >= 0.3 is 0 Å². The number of hydrogen-bond acceptors (Lipinski definition) is 6. The van der Waals surface area contributed by atoms with Crippen LogP contribution >= 0.6 is 23.5 Å². The van der Waals surface area contributed by atoms with Gasteiger partial charge in [0.05, 0.1) is 10.7 Å². The highest BCUT2D eigenvalue weighted by Gasteiger charge is 2.12. The lowest BCUT2D eigenvalue weighted by atomic mass is 10.2. The monoisotopic (exact) mass is 400 g/mol. The van der Waals surface area contributed by atoms with Crippen LogP contribution in [-0.2, 0) is 18.1 Å². The summed E-state index contributed by atoms with van der Waals surface area (Å²) in [6, 6.07) is 15.1. The Morgan fingerprint density at radius 3 is 2.33 bits per heavy atom. The fourth-order valence-electron chi connectivity index (χ4n) is 2.49. The smallest absolute Gasteiger partial charge is 0.269 e. The fourth-order valence-corrected chi connectivity index (χ4v) is 4.31. The van der Waals surface area contributed by atoms with Crippen LogP contribution in [0.25, 0.3) is 0 Å². The maximum absolute atomic E-state index is 10.7. The number of rotatable bonds is 8. The summed E-state index contributed by atoms with van der Waals surface area (Å²) in [5.74, 6) is 2.41. The molecule has 0 aliphatic carbocycles. The Bertz CT molecular complexity index is 908. The molecule has 0 fully saturated rings. The van der Waals surface area contributed by atoms with Crippen molar-refractivity contribution in [3.63, 3.8) is 0 Å². The van der Waals surface area contributed by atoms with E-state index in [-0.39, 0.29) is 10.6 Å². The molecule has 0 aliphatic heterocycles. The largest absolute Gasteiger partial charge is 0.306 e. The molecule has 140 valence electrons. The summed E-state index contributed by atoms with van der Waals surface area (Å²) in [4.78, 5) is 11.6. The Kier molecular flexibility index (Phi) is 6.52. The van der Waals surface area contributed by atoms with Crippen LogP contribution in [0.2, 0.25) is 0 Å². The zero-order valence-electron chi connectivity index (χ0n) is 15.2.